The van der Waals surface area contributed by atoms with Gasteiger partial charge in [-0.1, -0.05) is 80.8 Å². The Morgan fingerprint density at radius 1 is 0.470 bits per heavy atom. The van der Waals surface area contributed by atoms with Crippen molar-refractivity contribution in [1.29, 1.82) is 0 Å². The molecular formula is C96H122O21. The number of esters is 4. The summed E-state index contributed by atoms with van der Waals surface area (Å²) in [6.45, 7) is 42.9. The number of hydrogen-bond acceptors (Lipinski definition) is 21. The van der Waals surface area contributed by atoms with Crippen LogP contribution in [0.2, 0.25) is 0 Å². The molecule has 0 bridgehead atoms. The Balaban J connectivity index is 0.000000309. The van der Waals surface area contributed by atoms with Crippen molar-refractivity contribution < 1.29 is 101 Å². The second-order valence-electron chi connectivity index (χ2n) is 32.3. The molecule has 5 aliphatic rings. The molecule has 2 heterocycles. The third kappa shape index (κ3) is 28.4. The molecule has 0 aromatic heterocycles. The summed E-state index contributed by atoms with van der Waals surface area (Å²) in [6.07, 6.45) is 14.0. The lowest BCUT2D eigenvalue weighted by atomic mass is 9.81. The largest absolute Gasteiger partial charge is 0.493 e. The zero-order valence-corrected chi connectivity index (χ0v) is 71.9. The van der Waals surface area contributed by atoms with Crippen LogP contribution < -0.4 is 18.9 Å². The normalized spacial score (nSPS) is 18.2. The Hall–Kier alpha value is -10.5. The third-order valence-corrected chi connectivity index (χ3v) is 21.9. The molecule has 2 aliphatic heterocycles. The summed E-state index contributed by atoms with van der Waals surface area (Å²) in [6, 6.07) is 16.1. The maximum Gasteiger partial charge on any atom is 0.308 e. The Morgan fingerprint density at radius 2 is 0.889 bits per heavy atom. The zero-order chi connectivity index (χ0) is 87.4. The van der Waals surface area contributed by atoms with E-state index < -0.39 is 11.2 Å². The van der Waals surface area contributed by atoms with Crippen molar-refractivity contribution in [2.45, 2.75) is 297 Å². The van der Waals surface area contributed by atoms with E-state index in [4.69, 9.17) is 28.4 Å². The number of hydrogen-bond donors (Lipinski definition) is 2. The predicted octanol–water partition coefficient (Wildman–Crippen LogP) is 18.9. The fourth-order valence-electron chi connectivity index (χ4n) is 14.0. The van der Waals surface area contributed by atoms with E-state index in [0.29, 0.717) is 168 Å². The maximum atomic E-state index is 12.6. The van der Waals surface area contributed by atoms with Gasteiger partial charge in [-0.05, 0) is 242 Å². The van der Waals surface area contributed by atoms with Gasteiger partial charge >= 0.3 is 23.9 Å². The summed E-state index contributed by atoms with van der Waals surface area (Å²) in [7, 11) is 0. The highest BCUT2D eigenvalue weighted by Crippen LogP contribution is 2.45. The van der Waals surface area contributed by atoms with Gasteiger partial charge in [-0.15, -0.1) is 0 Å². The molecule has 632 valence electrons. The monoisotopic (exact) mass is 1610 g/mol. The highest BCUT2D eigenvalue weighted by molar-refractivity contribution is 6.27. The number of Topliss-reactive ketones (excluding diaryl/α,β-unsaturated/α-hetero) is 8. The molecule has 2 N–H and O–H groups in total. The van der Waals surface area contributed by atoms with Gasteiger partial charge in [0, 0.05) is 137 Å². The smallest absolute Gasteiger partial charge is 0.308 e. The quantitative estimate of drug-likeness (QED) is 0.0242. The molecule has 2 saturated heterocycles. The zero-order valence-electron chi connectivity index (χ0n) is 71.9. The molecule has 9 rings (SSSR count). The number of ketones is 9. The van der Waals surface area contributed by atoms with E-state index >= 15 is 0 Å². The first-order valence-corrected chi connectivity index (χ1v) is 39.5. The van der Waals surface area contributed by atoms with Crippen molar-refractivity contribution >= 4 is 86.7 Å². The SMILES string of the molecule is C.C=C1CCC(C)(CCc2c(C)c(OC(C)=O)c3ccccc3c2OC(C)=O)O1.C=C1CCC(C)(CCc2cc(OC(C)=O)c(C)c(C)c2OC(C)=O)O1.CC(=O)CC/C(C)=C/CC1=CC(=O)C(C)=C(C)C1=O.CC(=O)CCC(C)(O)CCC1=C(C)C(=O)C(C)=C(C)C1=O.CC(=O)CCC(C)(O)CCC1=C(C)C(=O)c2ccccc2C1=O. The van der Waals surface area contributed by atoms with Gasteiger partial charge in [0.05, 0.1) is 22.7 Å². The van der Waals surface area contributed by atoms with Crippen molar-refractivity contribution in [3.05, 3.63) is 186 Å². The van der Waals surface area contributed by atoms with Gasteiger partial charge in [0.25, 0.3) is 0 Å². The molecule has 0 saturated carbocycles. The second-order valence-corrected chi connectivity index (χ2v) is 32.3. The van der Waals surface area contributed by atoms with Gasteiger partial charge in [0.2, 0.25) is 0 Å². The first-order chi connectivity index (χ1) is 53.9. The summed E-state index contributed by atoms with van der Waals surface area (Å²) in [5.41, 5.74) is 7.90. The van der Waals surface area contributed by atoms with Crippen LogP contribution in [-0.2, 0) is 75.1 Å². The van der Waals surface area contributed by atoms with Crippen LogP contribution in [-0.4, -0.2) is 109 Å². The van der Waals surface area contributed by atoms with Crippen LogP contribution in [0.3, 0.4) is 0 Å². The first kappa shape index (κ1) is 98.9. The Kier molecular flexibility index (Phi) is 36.4. The van der Waals surface area contributed by atoms with Crippen LogP contribution in [0.1, 0.15) is 290 Å². The van der Waals surface area contributed by atoms with Crippen LogP contribution in [0.4, 0.5) is 0 Å². The molecule has 21 nitrogen and oxygen atoms in total. The Morgan fingerprint density at radius 3 is 1.36 bits per heavy atom. The van der Waals surface area contributed by atoms with Gasteiger partial charge < -0.3 is 53.0 Å². The molecule has 117 heavy (non-hydrogen) atoms. The highest BCUT2D eigenvalue weighted by atomic mass is 16.6. The standard InChI is InChI=1S/C23H26O5.C20H26O5.C19H22O4.C17H24O4.C16H20O3.CH4/c1-14-10-12-23(5,28-14)13-11-18-15(2)21(26-16(3)24)19-8-6-7-9-20(19)22(18)27-17(4)25;1-12-7-9-20(6,25-12)10-8-17-11-18(23-15(4)21)13(2)14(3)19(17)24-16(5)22;1-12(20)8-10-19(3,23)11-9-14-13(2)17(21)15-6-4-5-7-16(15)18(14)22;1-10(18)6-8-17(5,21)9-7-14-13(4)15(19)11(2)12(3)16(14)20;1-10(5-7-11(2)17)6-8-14-9-15(18)12(3)13(4)16(14)19;/h6-9H,1,10-13H2,2-5H3;11H,1,7-10H2,2-6H3;4-7,23H,8-11H2,1-3H3;21H,6-9H2,1-5H3;6,9H,5,7-8H2,1-4H3;1H4/b;;;;10-6+;. The fraction of sp³-hybridized carbons (Fsp3) is 0.469. The molecule has 3 aliphatic carbocycles. The molecule has 4 atom stereocenters. The minimum Gasteiger partial charge on any atom is -0.493 e. The van der Waals surface area contributed by atoms with Crippen LogP contribution in [0.25, 0.3) is 10.8 Å². The number of aliphatic hydroxyl groups is 2. The van der Waals surface area contributed by atoms with Gasteiger partial charge in [0.15, 0.2) is 34.7 Å². The average molecular weight is 1610 g/mol. The molecule has 4 unspecified atom stereocenters. The van der Waals surface area contributed by atoms with E-state index in [9.17, 15) is 72.5 Å². The number of ether oxygens (including phenoxy) is 6. The second kappa shape index (κ2) is 43.1. The number of carbonyl (C=O) groups excluding carboxylic acids is 13. The molecule has 0 radical (unpaired) electrons. The lowest BCUT2D eigenvalue weighted by molar-refractivity contribution is -0.133. The topological polar surface area (TPSA) is 318 Å². The Labute approximate surface area is 690 Å². The van der Waals surface area contributed by atoms with Crippen LogP contribution >= 0.6 is 0 Å². The first-order valence-electron chi connectivity index (χ1n) is 39.5. The van der Waals surface area contributed by atoms with Crippen LogP contribution in [0.15, 0.2) is 147 Å². The van der Waals surface area contributed by atoms with Crippen molar-refractivity contribution in [1.82, 2.24) is 0 Å². The summed E-state index contributed by atoms with van der Waals surface area (Å²) >= 11 is 0. The molecule has 2 fully saturated rings. The average Bonchev–Trinajstić information content (AvgIpc) is 1.15. The number of aryl methyl sites for hydroxylation is 1. The number of benzene rings is 4. The van der Waals surface area contributed by atoms with Gasteiger partial charge in [-0.3, -0.25) is 47.9 Å². The number of rotatable bonds is 27. The van der Waals surface area contributed by atoms with Gasteiger partial charge in [0.1, 0.15) is 51.5 Å². The van der Waals surface area contributed by atoms with E-state index in [2.05, 4.69) is 27.0 Å². The number of fused-ring (bicyclic) bond motifs is 2. The minimum absolute atomic E-state index is 0. The van der Waals surface area contributed by atoms with Crippen molar-refractivity contribution in [3.63, 3.8) is 0 Å². The number of allylic oxidation sites excluding steroid dienone is 14. The summed E-state index contributed by atoms with van der Waals surface area (Å²) in [4.78, 5) is 152. The number of carbonyl (C=O) groups is 13. The van der Waals surface area contributed by atoms with E-state index in [1.807, 2.05) is 58.0 Å². The van der Waals surface area contributed by atoms with E-state index in [0.717, 1.165) is 94.2 Å². The van der Waals surface area contributed by atoms with E-state index in [-0.39, 0.29) is 94.6 Å². The van der Waals surface area contributed by atoms with E-state index in [1.165, 1.54) is 47.6 Å². The van der Waals surface area contributed by atoms with Crippen molar-refractivity contribution in [2.24, 2.45) is 0 Å². The van der Waals surface area contributed by atoms with Gasteiger partial charge in [-0.25, -0.2) is 0 Å². The van der Waals surface area contributed by atoms with Gasteiger partial charge in [-0.2, -0.15) is 0 Å². The van der Waals surface area contributed by atoms with Crippen molar-refractivity contribution in [2.75, 3.05) is 0 Å². The summed E-state index contributed by atoms with van der Waals surface area (Å²) in [5, 5.41) is 22.1. The summed E-state index contributed by atoms with van der Waals surface area (Å²) in [5.74, 6) is 1.79. The molecule has 4 aromatic carbocycles. The van der Waals surface area contributed by atoms with Crippen LogP contribution in [0, 0.1) is 20.8 Å². The van der Waals surface area contributed by atoms with Crippen LogP contribution in [0.5, 0.6) is 23.0 Å². The third-order valence-electron chi connectivity index (χ3n) is 21.9. The minimum atomic E-state index is -1.03. The molecule has 4 aromatic rings. The molecule has 0 amide bonds. The molecule has 0 spiro atoms. The van der Waals surface area contributed by atoms with E-state index in [1.54, 1.807) is 92.6 Å². The molecular weight excluding hydrogens is 1490 g/mol. The highest BCUT2D eigenvalue weighted by Gasteiger charge is 2.37. The Bertz CT molecular complexity index is 4810. The lowest BCUT2D eigenvalue weighted by Gasteiger charge is -2.25. The molecule has 21 heteroatoms. The predicted molar refractivity (Wildman–Crippen MR) is 452 cm³/mol. The lowest BCUT2D eigenvalue weighted by Crippen LogP contribution is -2.27. The summed E-state index contributed by atoms with van der Waals surface area (Å²) < 4.78 is 33.7. The fourth-order valence-corrected chi connectivity index (χ4v) is 14.0. The van der Waals surface area contributed by atoms with Crippen molar-refractivity contribution in [3.8, 4) is 23.0 Å². The maximum absolute atomic E-state index is 12.6.